The van der Waals surface area contributed by atoms with Crippen LogP contribution in [0.15, 0.2) is 17.1 Å². The third-order valence-electron chi connectivity index (χ3n) is 7.63. The van der Waals surface area contributed by atoms with Crippen LogP contribution in [0.4, 0.5) is 14.5 Å². The fraction of sp³-hybridized carbons (Fsp3) is 0.609. The average Bonchev–Trinajstić information content (AvgIpc) is 2.67. The minimum atomic E-state index is -0.987. The van der Waals surface area contributed by atoms with E-state index in [1.807, 2.05) is 4.90 Å². The topological polar surface area (TPSA) is 97.9 Å². The Morgan fingerprint density at radius 2 is 1.85 bits per heavy atom. The highest BCUT2D eigenvalue weighted by molar-refractivity contribution is 6.01. The van der Waals surface area contributed by atoms with Gasteiger partial charge in [0.15, 0.2) is 0 Å². The van der Waals surface area contributed by atoms with Crippen molar-refractivity contribution in [3.8, 4) is 0 Å². The highest BCUT2D eigenvalue weighted by Gasteiger charge is 2.48. The molecule has 2 saturated heterocycles. The summed E-state index contributed by atoms with van der Waals surface area (Å²) in [6, 6.07) is 3.09. The number of carbonyl (C=O) groups is 2. The minimum Gasteiger partial charge on any atom is -0.367 e. The first-order chi connectivity index (χ1) is 15.9. The Bertz CT molecular complexity index is 958. The zero-order valence-corrected chi connectivity index (χ0v) is 18.7. The van der Waals surface area contributed by atoms with Crippen molar-refractivity contribution in [2.45, 2.75) is 62.9 Å². The molecule has 1 aromatic rings. The number of nitrogens with one attached hydrogen (secondary N) is 4. The summed E-state index contributed by atoms with van der Waals surface area (Å²) in [6.07, 6.45) is 6.66. The largest absolute Gasteiger partial charge is 0.367 e. The van der Waals surface area contributed by atoms with E-state index in [1.165, 1.54) is 44.2 Å². The summed E-state index contributed by atoms with van der Waals surface area (Å²) in [6.45, 7) is 1.15. The number of hydrogen-bond acceptors (Lipinski definition) is 5. The standard InChI is InChI=1S/C23H30F2N6O2/c1-26-22(30-29-13-9-23(10-13)5-2-6-23)27-14-11-31(12-14)15-7-17(24)20(18(25)8-15)16-3-4-19(32)28-21(16)33/h7-8,13-14,16,29H,2-6,9-12H2,1H3,(H2,26,27,30)(H,28,32,33). The molecule has 5 rings (SSSR count). The summed E-state index contributed by atoms with van der Waals surface area (Å²) in [5, 5.41) is 5.47. The Hall–Kier alpha value is -2.75. The maximum Gasteiger partial charge on any atom is 0.234 e. The van der Waals surface area contributed by atoms with Crippen LogP contribution in [-0.4, -0.2) is 50.0 Å². The molecule has 1 unspecified atom stereocenters. The van der Waals surface area contributed by atoms with Crippen molar-refractivity contribution >= 4 is 23.5 Å². The third kappa shape index (κ3) is 4.28. The fourth-order valence-corrected chi connectivity index (χ4v) is 5.53. The zero-order valence-electron chi connectivity index (χ0n) is 18.7. The number of carbonyl (C=O) groups excluding carboxylic acids is 2. The van der Waals surface area contributed by atoms with Crippen LogP contribution in [0.3, 0.4) is 0 Å². The maximum absolute atomic E-state index is 14.8. The molecule has 2 aliphatic carbocycles. The summed E-state index contributed by atoms with van der Waals surface area (Å²) in [7, 11) is 1.71. The molecule has 1 spiro atoms. The summed E-state index contributed by atoms with van der Waals surface area (Å²) in [5.74, 6) is -2.92. The van der Waals surface area contributed by atoms with E-state index in [4.69, 9.17) is 0 Å². The van der Waals surface area contributed by atoms with Crippen molar-refractivity contribution in [2.24, 2.45) is 10.4 Å². The van der Waals surface area contributed by atoms with Gasteiger partial charge in [-0.25, -0.2) is 14.2 Å². The molecule has 8 nitrogen and oxygen atoms in total. The fourth-order valence-electron chi connectivity index (χ4n) is 5.53. The Balaban J connectivity index is 1.12. The van der Waals surface area contributed by atoms with E-state index >= 15 is 0 Å². The van der Waals surface area contributed by atoms with Crippen molar-refractivity contribution in [1.29, 1.82) is 0 Å². The van der Waals surface area contributed by atoms with Gasteiger partial charge in [0.1, 0.15) is 11.6 Å². The molecule has 4 N–H and O–H groups in total. The van der Waals surface area contributed by atoms with Crippen LogP contribution in [0.2, 0.25) is 0 Å². The predicted octanol–water partition coefficient (Wildman–Crippen LogP) is 1.68. The normalized spacial score (nSPS) is 25.2. The van der Waals surface area contributed by atoms with E-state index in [1.54, 1.807) is 7.05 Å². The molecule has 0 radical (unpaired) electrons. The van der Waals surface area contributed by atoms with Crippen LogP contribution in [0.1, 0.15) is 56.4 Å². The van der Waals surface area contributed by atoms with Crippen molar-refractivity contribution in [3.05, 3.63) is 29.3 Å². The number of benzene rings is 1. The van der Waals surface area contributed by atoms with E-state index in [9.17, 15) is 18.4 Å². The molecule has 4 fully saturated rings. The summed E-state index contributed by atoms with van der Waals surface area (Å²) < 4.78 is 29.5. The lowest BCUT2D eigenvalue weighted by Crippen LogP contribution is -2.64. The van der Waals surface area contributed by atoms with Crippen molar-refractivity contribution < 1.29 is 18.4 Å². The van der Waals surface area contributed by atoms with Gasteiger partial charge in [-0.1, -0.05) is 6.42 Å². The number of hydrogen-bond donors (Lipinski definition) is 4. The number of aliphatic imine (C=N–C) groups is 1. The number of guanidine groups is 1. The maximum atomic E-state index is 14.8. The molecule has 2 aliphatic heterocycles. The zero-order chi connectivity index (χ0) is 23.2. The molecule has 2 saturated carbocycles. The van der Waals surface area contributed by atoms with Crippen LogP contribution in [0, 0.1) is 17.0 Å². The lowest BCUT2D eigenvalue weighted by Gasteiger charge is -2.54. The number of anilines is 1. The van der Waals surface area contributed by atoms with Gasteiger partial charge in [0, 0.05) is 43.9 Å². The smallest absolute Gasteiger partial charge is 0.234 e. The van der Waals surface area contributed by atoms with Crippen LogP contribution in [0.25, 0.3) is 0 Å². The average molecular weight is 461 g/mol. The molecule has 4 aliphatic rings. The quantitative estimate of drug-likeness (QED) is 0.231. The van der Waals surface area contributed by atoms with E-state index in [-0.39, 0.29) is 24.4 Å². The molecule has 0 bridgehead atoms. The SMILES string of the molecule is CN=C(NNC1CC2(CCC2)C1)NC1CN(c2cc(F)c(C3CCC(=O)NC3=O)c(F)c2)C1. The molecule has 10 heteroatoms. The highest BCUT2D eigenvalue weighted by atomic mass is 19.1. The Kier molecular flexibility index (Phi) is 5.72. The monoisotopic (exact) mass is 460 g/mol. The van der Waals surface area contributed by atoms with Gasteiger partial charge in [-0.2, -0.15) is 0 Å². The molecular weight excluding hydrogens is 430 g/mol. The number of rotatable bonds is 5. The third-order valence-corrected chi connectivity index (χ3v) is 7.63. The lowest BCUT2D eigenvalue weighted by molar-refractivity contribution is -0.134. The minimum absolute atomic E-state index is 0.0718. The molecular formula is C23H30F2N6O2. The van der Waals surface area contributed by atoms with Gasteiger partial charge in [-0.15, -0.1) is 0 Å². The summed E-state index contributed by atoms with van der Waals surface area (Å²) in [5.41, 5.74) is 7.27. The van der Waals surface area contributed by atoms with Gasteiger partial charge in [-0.3, -0.25) is 25.3 Å². The number of piperidine rings is 1. The molecule has 0 aromatic heterocycles. The van der Waals surface area contributed by atoms with Crippen LogP contribution >= 0.6 is 0 Å². The second-order valence-electron chi connectivity index (χ2n) is 9.87. The van der Waals surface area contributed by atoms with Gasteiger partial charge in [0.05, 0.1) is 12.0 Å². The number of nitrogens with zero attached hydrogens (tertiary/aromatic N) is 2. The van der Waals surface area contributed by atoms with Crippen LogP contribution in [0.5, 0.6) is 0 Å². The van der Waals surface area contributed by atoms with Crippen LogP contribution < -0.4 is 26.4 Å². The molecule has 1 aromatic carbocycles. The molecule has 33 heavy (non-hydrogen) atoms. The molecule has 178 valence electrons. The first-order valence-electron chi connectivity index (χ1n) is 11.7. The predicted molar refractivity (Wildman–Crippen MR) is 120 cm³/mol. The number of hydrazine groups is 1. The Morgan fingerprint density at radius 1 is 1.15 bits per heavy atom. The second kappa shape index (κ2) is 8.55. The molecule has 2 heterocycles. The summed E-state index contributed by atoms with van der Waals surface area (Å²) in [4.78, 5) is 29.5. The summed E-state index contributed by atoms with van der Waals surface area (Å²) >= 11 is 0. The molecule has 1 atom stereocenters. The van der Waals surface area contributed by atoms with Gasteiger partial charge in [0.2, 0.25) is 17.8 Å². The first-order valence-corrected chi connectivity index (χ1v) is 11.7. The Morgan fingerprint density at radius 3 is 2.42 bits per heavy atom. The van der Waals surface area contributed by atoms with E-state index in [0.29, 0.717) is 36.2 Å². The van der Waals surface area contributed by atoms with Gasteiger partial charge in [0.25, 0.3) is 0 Å². The van der Waals surface area contributed by atoms with Crippen molar-refractivity contribution in [3.63, 3.8) is 0 Å². The van der Waals surface area contributed by atoms with Gasteiger partial charge < -0.3 is 10.2 Å². The van der Waals surface area contributed by atoms with E-state index < -0.39 is 29.4 Å². The van der Waals surface area contributed by atoms with Crippen LogP contribution in [-0.2, 0) is 9.59 Å². The van der Waals surface area contributed by atoms with Crippen molar-refractivity contribution in [1.82, 2.24) is 21.5 Å². The number of imide groups is 1. The van der Waals surface area contributed by atoms with Gasteiger partial charge in [-0.05, 0) is 49.7 Å². The Labute approximate surface area is 191 Å². The lowest BCUT2D eigenvalue weighted by atomic mass is 9.54. The van der Waals surface area contributed by atoms with E-state index in [0.717, 1.165) is 0 Å². The van der Waals surface area contributed by atoms with Crippen molar-refractivity contribution in [2.75, 3.05) is 25.0 Å². The number of halogens is 2. The second-order valence-corrected chi connectivity index (χ2v) is 9.87. The molecule has 2 amide bonds. The van der Waals surface area contributed by atoms with Gasteiger partial charge >= 0.3 is 0 Å². The van der Waals surface area contributed by atoms with E-state index in [2.05, 4.69) is 26.5 Å². The highest BCUT2D eigenvalue weighted by Crippen LogP contribution is 2.55. The first kappa shape index (κ1) is 22.1. The number of amides is 2.